The van der Waals surface area contributed by atoms with Crippen LogP contribution in [-0.4, -0.2) is 67.6 Å². The number of hydrogen-bond acceptors (Lipinski definition) is 4. The second kappa shape index (κ2) is 9.91. The molecule has 2 rings (SSSR count). The van der Waals surface area contributed by atoms with Gasteiger partial charge >= 0.3 is 0 Å². The second-order valence-corrected chi connectivity index (χ2v) is 6.03. The summed E-state index contributed by atoms with van der Waals surface area (Å²) in [7, 11) is 1.52. The first-order chi connectivity index (χ1) is 11.5. The van der Waals surface area contributed by atoms with E-state index in [1.54, 1.807) is 4.90 Å². The molecular formula is C16H22Cl2FN3O3. The molecule has 0 radical (unpaired) electrons. The number of nitrogens with two attached hydrogens (primary N) is 1. The summed E-state index contributed by atoms with van der Waals surface area (Å²) in [4.78, 5) is 27.8. The average molecular weight is 394 g/mol. The summed E-state index contributed by atoms with van der Waals surface area (Å²) in [5.74, 6) is -1.10. The summed E-state index contributed by atoms with van der Waals surface area (Å²) in [5, 5.41) is 0.243. The topological polar surface area (TPSA) is 75.9 Å². The fourth-order valence-corrected chi connectivity index (χ4v) is 2.74. The number of carbonyl (C=O) groups is 2. The molecule has 0 bridgehead atoms. The predicted molar refractivity (Wildman–Crippen MR) is 95.6 cm³/mol. The van der Waals surface area contributed by atoms with Gasteiger partial charge in [-0.05, 0) is 18.2 Å². The van der Waals surface area contributed by atoms with Gasteiger partial charge in [0.2, 0.25) is 5.91 Å². The number of ether oxygens (including phenoxy) is 1. The highest BCUT2D eigenvalue weighted by Crippen LogP contribution is 2.17. The van der Waals surface area contributed by atoms with Gasteiger partial charge in [0.25, 0.3) is 5.91 Å². The van der Waals surface area contributed by atoms with Crippen LogP contribution in [0.15, 0.2) is 18.2 Å². The number of benzene rings is 1. The van der Waals surface area contributed by atoms with Crippen molar-refractivity contribution >= 4 is 35.8 Å². The van der Waals surface area contributed by atoms with Crippen molar-refractivity contribution < 1.29 is 18.7 Å². The van der Waals surface area contributed by atoms with E-state index in [0.29, 0.717) is 26.2 Å². The number of methoxy groups -OCH3 is 1. The van der Waals surface area contributed by atoms with Gasteiger partial charge in [-0.1, -0.05) is 11.6 Å². The fourth-order valence-electron chi connectivity index (χ4n) is 2.58. The maximum Gasteiger partial charge on any atom is 0.256 e. The van der Waals surface area contributed by atoms with E-state index >= 15 is 0 Å². The van der Waals surface area contributed by atoms with E-state index in [0.717, 1.165) is 6.07 Å². The normalized spacial score (nSPS) is 15.5. The third-order valence-electron chi connectivity index (χ3n) is 4.08. The zero-order valence-corrected chi connectivity index (χ0v) is 15.5. The summed E-state index contributed by atoms with van der Waals surface area (Å²) in [6.07, 6.45) is -0.0902. The van der Waals surface area contributed by atoms with Gasteiger partial charge in [-0.2, -0.15) is 0 Å². The lowest BCUT2D eigenvalue weighted by molar-refractivity contribution is -0.135. The third kappa shape index (κ3) is 5.54. The number of halogens is 3. The van der Waals surface area contributed by atoms with Crippen LogP contribution in [0.2, 0.25) is 5.02 Å². The molecule has 0 saturated carbocycles. The average Bonchev–Trinajstić information content (AvgIpc) is 2.59. The first kappa shape index (κ1) is 21.6. The summed E-state index contributed by atoms with van der Waals surface area (Å²) >= 11 is 5.70. The molecule has 1 unspecified atom stereocenters. The van der Waals surface area contributed by atoms with Gasteiger partial charge in [0.1, 0.15) is 5.82 Å². The smallest absolute Gasteiger partial charge is 0.256 e. The Morgan fingerprint density at radius 2 is 1.88 bits per heavy atom. The maximum absolute atomic E-state index is 13.9. The minimum absolute atomic E-state index is 0. The lowest BCUT2D eigenvalue weighted by atomic mass is 10.1. The summed E-state index contributed by atoms with van der Waals surface area (Å²) in [6, 6.07) is 3.98. The zero-order valence-electron chi connectivity index (χ0n) is 13.9. The van der Waals surface area contributed by atoms with Crippen LogP contribution in [0.25, 0.3) is 0 Å². The van der Waals surface area contributed by atoms with Crippen molar-refractivity contribution in [3.05, 3.63) is 34.6 Å². The van der Waals surface area contributed by atoms with Crippen molar-refractivity contribution in [3.63, 3.8) is 0 Å². The Labute approximate surface area is 157 Å². The highest BCUT2D eigenvalue weighted by Gasteiger charge is 2.27. The molecule has 1 aromatic carbocycles. The van der Waals surface area contributed by atoms with E-state index in [1.807, 2.05) is 0 Å². The van der Waals surface area contributed by atoms with Crippen molar-refractivity contribution in [2.45, 2.75) is 12.5 Å². The quantitative estimate of drug-likeness (QED) is 0.823. The molecule has 1 fully saturated rings. The lowest BCUT2D eigenvalue weighted by Crippen LogP contribution is -2.51. The summed E-state index contributed by atoms with van der Waals surface area (Å²) in [5.41, 5.74) is 5.51. The molecule has 1 saturated heterocycles. The molecule has 1 aliphatic heterocycles. The van der Waals surface area contributed by atoms with Crippen molar-refractivity contribution in [1.82, 2.24) is 9.80 Å². The van der Waals surface area contributed by atoms with E-state index in [9.17, 15) is 14.0 Å². The molecule has 0 aliphatic carbocycles. The molecule has 0 aromatic heterocycles. The Bertz CT molecular complexity index is 606. The molecule has 140 valence electrons. The largest absolute Gasteiger partial charge is 0.380 e. The van der Waals surface area contributed by atoms with Gasteiger partial charge in [0, 0.05) is 44.9 Å². The molecule has 1 heterocycles. The van der Waals surface area contributed by atoms with Crippen LogP contribution < -0.4 is 5.73 Å². The number of carbonyl (C=O) groups excluding carboxylic acids is 2. The zero-order chi connectivity index (χ0) is 17.7. The van der Waals surface area contributed by atoms with Crippen LogP contribution in [0.1, 0.15) is 16.8 Å². The first-order valence-electron chi connectivity index (χ1n) is 7.71. The summed E-state index contributed by atoms with van der Waals surface area (Å²) < 4.78 is 19.0. The minimum atomic E-state index is -0.642. The van der Waals surface area contributed by atoms with Crippen LogP contribution in [0.3, 0.4) is 0 Å². The van der Waals surface area contributed by atoms with Gasteiger partial charge in [-0.15, -0.1) is 12.4 Å². The molecule has 6 nitrogen and oxygen atoms in total. The number of rotatable bonds is 5. The van der Waals surface area contributed by atoms with E-state index in [-0.39, 0.29) is 48.0 Å². The fraction of sp³-hybridized carbons (Fsp3) is 0.500. The Kier molecular flexibility index (Phi) is 8.58. The van der Waals surface area contributed by atoms with E-state index < -0.39 is 11.7 Å². The molecular weight excluding hydrogens is 372 g/mol. The molecule has 1 aromatic rings. The predicted octanol–water partition coefficient (Wildman–Crippen LogP) is 1.55. The molecule has 0 spiro atoms. The van der Waals surface area contributed by atoms with Gasteiger partial charge in [-0.25, -0.2) is 4.39 Å². The Balaban J connectivity index is 0.00000312. The van der Waals surface area contributed by atoms with Crippen molar-refractivity contribution in [1.29, 1.82) is 0 Å². The van der Waals surface area contributed by atoms with Gasteiger partial charge in [0.15, 0.2) is 0 Å². The number of piperazine rings is 1. The van der Waals surface area contributed by atoms with Gasteiger partial charge in [0.05, 0.1) is 18.1 Å². The van der Waals surface area contributed by atoms with Crippen LogP contribution in [0, 0.1) is 5.82 Å². The number of hydrogen-bond donors (Lipinski definition) is 1. The first-order valence-corrected chi connectivity index (χ1v) is 8.09. The highest BCUT2D eigenvalue weighted by atomic mass is 35.5. The van der Waals surface area contributed by atoms with E-state index in [2.05, 4.69) is 0 Å². The van der Waals surface area contributed by atoms with Crippen molar-refractivity contribution in [3.8, 4) is 0 Å². The van der Waals surface area contributed by atoms with Crippen LogP contribution in [0.4, 0.5) is 4.39 Å². The summed E-state index contributed by atoms with van der Waals surface area (Å²) in [6.45, 7) is 1.79. The lowest BCUT2D eigenvalue weighted by Gasteiger charge is -2.35. The van der Waals surface area contributed by atoms with Crippen LogP contribution in [0.5, 0.6) is 0 Å². The molecule has 2 amide bonds. The van der Waals surface area contributed by atoms with Crippen molar-refractivity contribution in [2.75, 3.05) is 39.8 Å². The molecule has 1 atom stereocenters. The van der Waals surface area contributed by atoms with Crippen LogP contribution in [-0.2, 0) is 9.53 Å². The van der Waals surface area contributed by atoms with Gasteiger partial charge < -0.3 is 20.3 Å². The van der Waals surface area contributed by atoms with Gasteiger partial charge in [-0.3, -0.25) is 9.59 Å². The Morgan fingerprint density at radius 3 is 2.40 bits per heavy atom. The molecule has 9 heteroatoms. The molecule has 1 aliphatic rings. The number of nitrogens with zero attached hydrogens (tertiary/aromatic N) is 2. The minimum Gasteiger partial charge on any atom is -0.380 e. The second-order valence-electron chi connectivity index (χ2n) is 5.59. The number of amides is 2. The van der Waals surface area contributed by atoms with E-state index in [1.165, 1.54) is 24.1 Å². The Morgan fingerprint density at radius 1 is 1.28 bits per heavy atom. The van der Waals surface area contributed by atoms with Crippen LogP contribution >= 0.6 is 24.0 Å². The van der Waals surface area contributed by atoms with E-state index in [4.69, 9.17) is 22.1 Å². The highest BCUT2D eigenvalue weighted by molar-refractivity contribution is 6.30. The monoisotopic (exact) mass is 393 g/mol. The SMILES string of the molecule is COC(CN)CC(=O)N1CCN(C(=O)c2ccc(Cl)cc2F)CC1.Cl. The molecule has 2 N–H and O–H groups in total. The van der Waals surface area contributed by atoms with Crippen molar-refractivity contribution in [2.24, 2.45) is 5.73 Å². The third-order valence-corrected chi connectivity index (χ3v) is 4.31. The molecule has 25 heavy (non-hydrogen) atoms. The standard InChI is InChI=1S/C16H21ClFN3O3.ClH/c1-24-12(10-19)9-15(22)20-4-6-21(7-5-20)16(23)13-3-2-11(17)8-14(13)18;/h2-3,8,12H,4-7,9-10,19H2,1H3;1H. The Hall–Kier alpha value is -1.41. The maximum atomic E-state index is 13.9.